The fourth-order valence-electron chi connectivity index (χ4n) is 3.12. The van der Waals surface area contributed by atoms with E-state index >= 15 is 0 Å². The predicted molar refractivity (Wildman–Crippen MR) is 86.5 cm³/mol. The molecule has 1 spiro atoms. The van der Waals surface area contributed by atoms with Gasteiger partial charge in [0.1, 0.15) is 5.75 Å². The number of carbonyl (C=O) groups is 1. The minimum atomic E-state index is -0.351. The summed E-state index contributed by atoms with van der Waals surface area (Å²) in [6.07, 6.45) is 2.22. The van der Waals surface area contributed by atoms with Crippen LogP contribution < -0.4 is 10.1 Å². The first kappa shape index (κ1) is 16.2. The number of amides is 1. The van der Waals surface area contributed by atoms with E-state index in [1.54, 1.807) is 7.11 Å². The molecular formula is C17H24N2O4. The highest BCUT2D eigenvalue weighted by molar-refractivity contribution is 5.92. The third-order valence-corrected chi connectivity index (χ3v) is 4.47. The van der Waals surface area contributed by atoms with Gasteiger partial charge >= 0.3 is 0 Å². The quantitative estimate of drug-likeness (QED) is 0.897. The summed E-state index contributed by atoms with van der Waals surface area (Å²) in [4.78, 5) is 14.4. The van der Waals surface area contributed by atoms with Crippen LogP contribution in [0.25, 0.3) is 0 Å². The van der Waals surface area contributed by atoms with E-state index in [0.29, 0.717) is 31.1 Å². The minimum absolute atomic E-state index is 0.00292. The van der Waals surface area contributed by atoms with E-state index in [9.17, 15) is 4.79 Å². The highest BCUT2D eigenvalue weighted by atomic mass is 16.7. The second-order valence-corrected chi connectivity index (χ2v) is 5.95. The zero-order valence-electron chi connectivity index (χ0n) is 13.5. The largest absolute Gasteiger partial charge is 0.495 e. The van der Waals surface area contributed by atoms with Crippen molar-refractivity contribution in [3.05, 3.63) is 24.3 Å². The molecule has 3 rings (SSSR count). The Labute approximate surface area is 136 Å². The Morgan fingerprint density at radius 2 is 1.96 bits per heavy atom. The van der Waals surface area contributed by atoms with Crippen molar-refractivity contribution in [2.24, 2.45) is 0 Å². The fraction of sp³-hybridized carbons (Fsp3) is 0.588. The number of hydrogen-bond acceptors (Lipinski definition) is 5. The maximum atomic E-state index is 12.1. The van der Waals surface area contributed by atoms with Crippen LogP contribution in [-0.4, -0.2) is 56.6 Å². The molecule has 1 aromatic rings. The third-order valence-electron chi connectivity index (χ3n) is 4.47. The van der Waals surface area contributed by atoms with Gasteiger partial charge in [0.15, 0.2) is 5.79 Å². The van der Waals surface area contributed by atoms with E-state index in [4.69, 9.17) is 14.2 Å². The average molecular weight is 320 g/mol. The molecule has 126 valence electrons. The van der Waals surface area contributed by atoms with Crippen LogP contribution in [0.3, 0.4) is 0 Å². The highest BCUT2D eigenvalue weighted by Crippen LogP contribution is 2.31. The number of carbonyl (C=O) groups excluding carboxylic acids is 1. The molecule has 0 aliphatic carbocycles. The molecule has 2 saturated heterocycles. The zero-order valence-corrected chi connectivity index (χ0v) is 13.5. The van der Waals surface area contributed by atoms with Crippen LogP contribution >= 0.6 is 0 Å². The molecule has 0 aromatic heterocycles. The molecule has 0 bridgehead atoms. The number of anilines is 1. The number of benzene rings is 1. The Hall–Kier alpha value is -1.63. The normalized spacial score (nSPS) is 20.6. The number of likely N-dealkylation sites (tertiary alicyclic amines) is 1. The van der Waals surface area contributed by atoms with Gasteiger partial charge in [0.2, 0.25) is 5.91 Å². The van der Waals surface area contributed by atoms with Crippen LogP contribution in [-0.2, 0) is 14.3 Å². The van der Waals surface area contributed by atoms with Gasteiger partial charge in [0, 0.05) is 38.9 Å². The molecule has 1 aromatic carbocycles. The van der Waals surface area contributed by atoms with E-state index in [1.165, 1.54) is 0 Å². The molecule has 2 heterocycles. The Kier molecular flexibility index (Phi) is 5.15. The first-order valence-corrected chi connectivity index (χ1v) is 8.14. The molecule has 2 fully saturated rings. The average Bonchev–Trinajstić information content (AvgIpc) is 3.03. The van der Waals surface area contributed by atoms with Crippen LogP contribution in [0.15, 0.2) is 24.3 Å². The lowest BCUT2D eigenvalue weighted by molar-refractivity contribution is -0.185. The molecule has 23 heavy (non-hydrogen) atoms. The summed E-state index contributed by atoms with van der Waals surface area (Å²) < 4.78 is 16.7. The van der Waals surface area contributed by atoms with Gasteiger partial charge in [-0.2, -0.15) is 0 Å². The monoisotopic (exact) mass is 320 g/mol. The first-order chi connectivity index (χ1) is 11.2. The molecule has 2 aliphatic rings. The summed E-state index contributed by atoms with van der Waals surface area (Å²) in [5.74, 6) is 0.329. The zero-order chi connectivity index (χ0) is 16.1. The number of nitrogens with zero attached hydrogens (tertiary/aromatic N) is 1. The number of ether oxygens (including phenoxy) is 3. The molecule has 0 unspecified atom stereocenters. The number of hydrogen-bond donors (Lipinski definition) is 1. The van der Waals surface area contributed by atoms with Crippen molar-refractivity contribution >= 4 is 11.6 Å². The summed E-state index contributed by atoms with van der Waals surface area (Å²) in [7, 11) is 1.60. The van der Waals surface area contributed by atoms with Crippen molar-refractivity contribution < 1.29 is 19.0 Å². The summed E-state index contributed by atoms with van der Waals surface area (Å²) in [5.41, 5.74) is 0.713. The topological polar surface area (TPSA) is 60.0 Å². The predicted octanol–water partition coefficient (Wildman–Crippen LogP) is 1.86. The van der Waals surface area contributed by atoms with E-state index in [1.807, 2.05) is 24.3 Å². The SMILES string of the molecule is COc1ccccc1NC(=O)CCN1CCC2(CC1)OCCO2. The first-order valence-electron chi connectivity index (χ1n) is 8.14. The van der Waals surface area contributed by atoms with Gasteiger partial charge in [-0.05, 0) is 12.1 Å². The van der Waals surface area contributed by atoms with E-state index < -0.39 is 0 Å². The Morgan fingerprint density at radius 1 is 1.26 bits per heavy atom. The second-order valence-electron chi connectivity index (χ2n) is 5.95. The van der Waals surface area contributed by atoms with Crippen LogP contribution in [0.5, 0.6) is 5.75 Å². The number of nitrogens with one attached hydrogen (secondary N) is 1. The fourth-order valence-corrected chi connectivity index (χ4v) is 3.12. The van der Waals surface area contributed by atoms with Crippen molar-refractivity contribution in [2.75, 3.05) is 45.3 Å². The number of rotatable bonds is 5. The van der Waals surface area contributed by atoms with Gasteiger partial charge in [-0.15, -0.1) is 0 Å². The van der Waals surface area contributed by atoms with Gasteiger partial charge < -0.3 is 24.4 Å². The van der Waals surface area contributed by atoms with Crippen LogP contribution in [0.2, 0.25) is 0 Å². The van der Waals surface area contributed by atoms with Crippen LogP contribution in [0, 0.1) is 0 Å². The summed E-state index contributed by atoms with van der Waals surface area (Å²) >= 11 is 0. The second kappa shape index (κ2) is 7.29. The maximum absolute atomic E-state index is 12.1. The molecule has 1 amide bonds. The maximum Gasteiger partial charge on any atom is 0.225 e. The molecule has 0 saturated carbocycles. The summed E-state index contributed by atoms with van der Waals surface area (Å²) in [6.45, 7) is 3.95. The van der Waals surface area contributed by atoms with Crippen LogP contribution in [0.1, 0.15) is 19.3 Å². The minimum Gasteiger partial charge on any atom is -0.495 e. The molecule has 2 aliphatic heterocycles. The van der Waals surface area contributed by atoms with Crippen LogP contribution in [0.4, 0.5) is 5.69 Å². The van der Waals surface area contributed by atoms with Gasteiger partial charge in [-0.3, -0.25) is 4.79 Å². The molecular weight excluding hydrogens is 296 g/mol. The van der Waals surface area contributed by atoms with Gasteiger partial charge in [-0.25, -0.2) is 0 Å². The molecule has 6 heteroatoms. The van der Waals surface area contributed by atoms with Gasteiger partial charge in [-0.1, -0.05) is 12.1 Å². The highest BCUT2D eigenvalue weighted by Gasteiger charge is 2.39. The lowest BCUT2D eigenvalue weighted by Gasteiger charge is -2.37. The summed E-state index contributed by atoms with van der Waals surface area (Å²) in [6, 6.07) is 7.44. The Morgan fingerprint density at radius 3 is 2.65 bits per heavy atom. The molecule has 6 nitrogen and oxygen atoms in total. The van der Waals surface area contributed by atoms with E-state index in [0.717, 1.165) is 32.5 Å². The van der Waals surface area contributed by atoms with Crippen molar-refractivity contribution in [2.45, 2.75) is 25.0 Å². The molecule has 0 atom stereocenters. The Bertz CT molecular complexity index is 533. The van der Waals surface area contributed by atoms with Crippen molar-refractivity contribution in [1.82, 2.24) is 4.90 Å². The standard InChI is InChI=1S/C17H24N2O4/c1-21-15-5-3-2-4-14(15)18-16(20)6-9-19-10-7-17(8-11-19)22-12-13-23-17/h2-5H,6-13H2,1H3,(H,18,20). The van der Waals surface area contributed by atoms with Gasteiger partial charge in [0.25, 0.3) is 0 Å². The lowest BCUT2D eigenvalue weighted by atomic mass is 10.0. The number of methoxy groups -OCH3 is 1. The lowest BCUT2D eigenvalue weighted by Crippen LogP contribution is -2.45. The Balaban J connectivity index is 1.43. The van der Waals surface area contributed by atoms with E-state index in [2.05, 4.69) is 10.2 Å². The molecule has 1 N–H and O–H groups in total. The van der Waals surface area contributed by atoms with Crippen molar-refractivity contribution in [3.63, 3.8) is 0 Å². The van der Waals surface area contributed by atoms with Crippen molar-refractivity contribution in [1.29, 1.82) is 0 Å². The molecule has 0 radical (unpaired) electrons. The smallest absolute Gasteiger partial charge is 0.225 e. The van der Waals surface area contributed by atoms with Gasteiger partial charge in [0.05, 0.1) is 26.0 Å². The van der Waals surface area contributed by atoms with E-state index in [-0.39, 0.29) is 11.7 Å². The van der Waals surface area contributed by atoms with Crippen molar-refractivity contribution in [3.8, 4) is 5.75 Å². The third kappa shape index (κ3) is 4.02. The number of para-hydroxylation sites is 2. The summed E-state index contributed by atoms with van der Waals surface area (Å²) in [5, 5.41) is 2.91. The number of piperidine rings is 1.